The molecule has 3 aromatic rings. The molecule has 0 aliphatic carbocycles. The monoisotopic (exact) mass is 490 g/mol. The van der Waals surface area contributed by atoms with Gasteiger partial charge in [-0.2, -0.15) is 4.98 Å². The van der Waals surface area contributed by atoms with Crippen molar-refractivity contribution in [2.24, 2.45) is 11.3 Å². The summed E-state index contributed by atoms with van der Waals surface area (Å²) >= 11 is 0. The van der Waals surface area contributed by atoms with Crippen LogP contribution in [0.15, 0.2) is 47.2 Å². The second-order valence-corrected chi connectivity index (χ2v) is 11.3. The maximum Gasteiger partial charge on any atom is 0.226 e. The van der Waals surface area contributed by atoms with Gasteiger partial charge in [-0.25, -0.2) is 0 Å². The first-order valence-corrected chi connectivity index (χ1v) is 13.2. The molecule has 1 N–H and O–H groups in total. The molecular formula is C29H38N4O3. The van der Waals surface area contributed by atoms with Crippen LogP contribution < -0.4 is 0 Å². The van der Waals surface area contributed by atoms with Gasteiger partial charge in [0.15, 0.2) is 0 Å². The first-order valence-electron chi connectivity index (χ1n) is 13.2. The molecule has 7 heteroatoms. The highest BCUT2D eigenvalue weighted by atomic mass is 16.5. The summed E-state index contributed by atoms with van der Waals surface area (Å²) in [5.74, 6) is 2.24. The van der Waals surface area contributed by atoms with Crippen LogP contribution in [0.3, 0.4) is 0 Å². The topological polar surface area (TPSA) is 84.5 Å². The number of likely N-dealkylation sites (tertiary alicyclic amines) is 1. The zero-order chi connectivity index (χ0) is 25.3. The molecular weight excluding hydrogens is 452 g/mol. The van der Waals surface area contributed by atoms with Crippen LogP contribution in [0.25, 0.3) is 11.4 Å². The molecule has 2 saturated heterocycles. The second kappa shape index (κ2) is 10.0. The van der Waals surface area contributed by atoms with E-state index in [-0.39, 0.29) is 5.41 Å². The number of rotatable bonds is 8. The Morgan fingerprint density at radius 1 is 1.11 bits per heavy atom. The molecule has 0 amide bonds. The van der Waals surface area contributed by atoms with Gasteiger partial charge in [0.2, 0.25) is 11.7 Å². The Morgan fingerprint density at radius 2 is 1.83 bits per heavy atom. The molecule has 36 heavy (non-hydrogen) atoms. The predicted molar refractivity (Wildman–Crippen MR) is 139 cm³/mol. The van der Waals surface area contributed by atoms with Gasteiger partial charge in [-0.1, -0.05) is 50.2 Å². The summed E-state index contributed by atoms with van der Waals surface area (Å²) < 4.78 is 11.0. The van der Waals surface area contributed by atoms with Crippen LogP contribution >= 0.6 is 0 Å². The van der Waals surface area contributed by atoms with E-state index in [1.54, 1.807) is 12.4 Å². The highest BCUT2D eigenvalue weighted by molar-refractivity contribution is 5.56. The van der Waals surface area contributed by atoms with Gasteiger partial charge in [-0.15, -0.1) is 0 Å². The molecule has 192 valence electrons. The van der Waals surface area contributed by atoms with E-state index in [0.29, 0.717) is 23.6 Å². The second-order valence-electron chi connectivity index (χ2n) is 11.3. The average Bonchev–Trinajstić information content (AvgIpc) is 3.36. The van der Waals surface area contributed by atoms with E-state index in [2.05, 4.69) is 72.1 Å². The molecule has 0 saturated carbocycles. The normalized spacial score (nSPS) is 20.3. The van der Waals surface area contributed by atoms with Crippen molar-refractivity contribution in [2.75, 3.05) is 33.4 Å². The third-order valence-electron chi connectivity index (χ3n) is 8.10. The van der Waals surface area contributed by atoms with E-state index < -0.39 is 5.60 Å². The zero-order valence-electron chi connectivity index (χ0n) is 21.9. The van der Waals surface area contributed by atoms with Crippen LogP contribution in [0.4, 0.5) is 0 Å². The molecule has 0 unspecified atom stereocenters. The Balaban J connectivity index is 1.43. The van der Waals surface area contributed by atoms with E-state index in [1.807, 2.05) is 6.07 Å². The molecule has 0 radical (unpaired) electrons. The van der Waals surface area contributed by atoms with Crippen molar-refractivity contribution in [1.29, 1.82) is 0 Å². The van der Waals surface area contributed by atoms with Gasteiger partial charge < -0.3 is 19.3 Å². The van der Waals surface area contributed by atoms with E-state index in [9.17, 15) is 5.11 Å². The van der Waals surface area contributed by atoms with E-state index in [0.717, 1.165) is 68.7 Å². The first-order chi connectivity index (χ1) is 17.3. The van der Waals surface area contributed by atoms with Gasteiger partial charge >= 0.3 is 0 Å². The van der Waals surface area contributed by atoms with Crippen molar-refractivity contribution in [3.8, 4) is 11.4 Å². The van der Waals surface area contributed by atoms with Gasteiger partial charge in [0.1, 0.15) is 5.60 Å². The van der Waals surface area contributed by atoms with Crippen LogP contribution in [0.1, 0.15) is 68.5 Å². The lowest BCUT2D eigenvalue weighted by Gasteiger charge is -2.55. The maximum absolute atomic E-state index is 12.4. The molecule has 5 rings (SSSR count). The number of pyridine rings is 1. The summed E-state index contributed by atoms with van der Waals surface area (Å²) in [6.45, 7) is 9.78. The Bertz CT molecular complexity index is 1160. The third kappa shape index (κ3) is 4.72. The Hall–Kier alpha value is -2.61. The van der Waals surface area contributed by atoms with Crippen LogP contribution in [0.5, 0.6) is 0 Å². The minimum atomic E-state index is -1.20. The van der Waals surface area contributed by atoms with Crippen molar-refractivity contribution in [2.45, 2.75) is 58.0 Å². The number of aliphatic hydroxyl groups is 1. The number of ether oxygens (including phenoxy) is 1. The van der Waals surface area contributed by atoms with Gasteiger partial charge in [0.05, 0.1) is 0 Å². The van der Waals surface area contributed by atoms with Crippen molar-refractivity contribution >= 4 is 0 Å². The van der Waals surface area contributed by atoms with Crippen molar-refractivity contribution in [3.63, 3.8) is 0 Å². The van der Waals surface area contributed by atoms with Gasteiger partial charge in [-0.3, -0.25) is 4.98 Å². The highest BCUT2D eigenvalue weighted by Gasteiger charge is 2.55. The minimum absolute atomic E-state index is 0.354. The number of aryl methyl sites for hydroxylation is 1. The van der Waals surface area contributed by atoms with Crippen molar-refractivity contribution in [1.82, 2.24) is 20.0 Å². The quantitative estimate of drug-likeness (QED) is 0.485. The van der Waals surface area contributed by atoms with Crippen molar-refractivity contribution in [3.05, 3.63) is 65.3 Å². The number of hydrogen-bond donors (Lipinski definition) is 1. The standard InChI is InChI=1S/C29H38N4O3/c1-20(2)22-6-8-24(9-7-22)29(34,28(3)18-33(4)19-28)25-15-23(16-30-17-25)27-31-26(36-32-27)10-5-21-11-13-35-14-12-21/h6-9,15-17,20-21,34H,5,10-14,18-19H2,1-4H3/t29-/m0/s1. The lowest BCUT2D eigenvalue weighted by molar-refractivity contribution is -0.127. The molecule has 2 aliphatic rings. The highest BCUT2D eigenvalue weighted by Crippen LogP contribution is 2.50. The van der Waals surface area contributed by atoms with Gasteiger partial charge in [-0.05, 0) is 55.3 Å². The summed E-state index contributed by atoms with van der Waals surface area (Å²) in [7, 11) is 2.08. The maximum atomic E-state index is 12.4. The van der Waals surface area contributed by atoms with Crippen LogP contribution in [-0.4, -0.2) is 58.5 Å². The molecule has 1 aromatic carbocycles. The molecule has 1 atom stereocenters. The van der Waals surface area contributed by atoms with Crippen molar-refractivity contribution < 1.29 is 14.4 Å². The fourth-order valence-corrected chi connectivity index (χ4v) is 5.94. The number of benzene rings is 1. The molecule has 0 spiro atoms. The largest absolute Gasteiger partial charge is 0.381 e. The lowest BCUT2D eigenvalue weighted by atomic mass is 9.62. The predicted octanol–water partition coefficient (Wildman–Crippen LogP) is 4.80. The van der Waals surface area contributed by atoms with Crippen LogP contribution in [0, 0.1) is 11.3 Å². The van der Waals surface area contributed by atoms with Gasteiger partial charge in [0.25, 0.3) is 0 Å². The van der Waals surface area contributed by atoms with E-state index in [4.69, 9.17) is 9.26 Å². The summed E-state index contributed by atoms with van der Waals surface area (Å²) in [6, 6.07) is 10.3. The summed E-state index contributed by atoms with van der Waals surface area (Å²) in [5.41, 5.74) is 2.08. The third-order valence-corrected chi connectivity index (χ3v) is 8.10. The molecule has 0 bridgehead atoms. The Morgan fingerprint density at radius 3 is 2.50 bits per heavy atom. The zero-order valence-corrected chi connectivity index (χ0v) is 21.9. The van der Waals surface area contributed by atoms with E-state index in [1.165, 1.54) is 5.56 Å². The minimum Gasteiger partial charge on any atom is -0.381 e. The molecule has 2 fully saturated rings. The number of nitrogens with zero attached hydrogens (tertiary/aromatic N) is 4. The smallest absolute Gasteiger partial charge is 0.226 e. The van der Waals surface area contributed by atoms with Crippen LogP contribution in [0.2, 0.25) is 0 Å². The Kier molecular flexibility index (Phi) is 6.99. The fraction of sp³-hybridized carbons (Fsp3) is 0.552. The molecule has 2 aromatic heterocycles. The SMILES string of the molecule is CC(C)c1ccc([C@](O)(c2cncc(-c3noc(CCC4CCOCC4)n3)c2)C2(C)CN(C)C2)cc1. The lowest BCUT2D eigenvalue weighted by Crippen LogP contribution is -2.63. The molecule has 4 heterocycles. The fourth-order valence-electron chi connectivity index (χ4n) is 5.94. The number of aromatic nitrogens is 3. The average molecular weight is 491 g/mol. The summed E-state index contributed by atoms with van der Waals surface area (Å²) in [6.07, 6.45) is 7.50. The number of hydrogen-bond acceptors (Lipinski definition) is 7. The Labute approximate surface area is 213 Å². The first kappa shape index (κ1) is 25.1. The summed E-state index contributed by atoms with van der Waals surface area (Å²) in [5, 5.41) is 16.7. The van der Waals surface area contributed by atoms with E-state index >= 15 is 0 Å². The summed E-state index contributed by atoms with van der Waals surface area (Å²) in [4.78, 5) is 11.4. The van der Waals surface area contributed by atoms with Gasteiger partial charge in [0, 0.05) is 61.7 Å². The molecule has 7 nitrogen and oxygen atoms in total. The van der Waals surface area contributed by atoms with Crippen LogP contribution in [-0.2, 0) is 16.8 Å². The molecule has 2 aliphatic heterocycles.